The summed E-state index contributed by atoms with van der Waals surface area (Å²) in [7, 11) is 1.76. The molecule has 1 aromatic heterocycles. The van der Waals surface area contributed by atoms with Crippen LogP contribution in [0.2, 0.25) is 0 Å². The van der Waals surface area contributed by atoms with Crippen molar-refractivity contribution in [3.05, 3.63) is 23.7 Å². The summed E-state index contributed by atoms with van der Waals surface area (Å²) in [6.07, 6.45) is 7.00. The van der Waals surface area contributed by atoms with E-state index in [1.165, 1.54) is 19.3 Å². The number of hydrogen-bond acceptors (Lipinski definition) is 3. The number of aryl methyl sites for hydroxylation is 1. The van der Waals surface area contributed by atoms with Crippen molar-refractivity contribution in [2.75, 3.05) is 7.05 Å². The molecule has 4 bridgehead atoms. The van der Waals surface area contributed by atoms with E-state index in [2.05, 4.69) is 5.32 Å². The molecule has 4 aliphatic carbocycles. The minimum Gasteiger partial charge on any atom is -0.464 e. The third kappa shape index (κ3) is 3.17. The minimum absolute atomic E-state index is 0.0721. The molecule has 1 heterocycles. The smallest absolute Gasteiger partial charge is 0.245 e. The Labute approximate surface area is 155 Å². The molecule has 2 amide bonds. The monoisotopic (exact) mass is 358 g/mol. The third-order valence-electron chi connectivity index (χ3n) is 6.80. The normalized spacial score (nSPS) is 33.1. The molecule has 5 rings (SSSR count). The Hall–Kier alpha value is -1.78. The van der Waals surface area contributed by atoms with Crippen molar-refractivity contribution in [1.29, 1.82) is 0 Å². The van der Waals surface area contributed by atoms with Crippen molar-refractivity contribution in [2.45, 2.75) is 65.0 Å². The average molecular weight is 358 g/mol. The molecular formula is C21H30N2O3. The zero-order chi connectivity index (χ0) is 18.5. The highest BCUT2D eigenvalue weighted by Gasteiger charge is 2.54. The first kappa shape index (κ1) is 17.6. The molecule has 5 nitrogen and oxygen atoms in total. The lowest BCUT2D eigenvalue weighted by atomic mass is 9.49. The van der Waals surface area contributed by atoms with Gasteiger partial charge in [-0.1, -0.05) is 0 Å². The van der Waals surface area contributed by atoms with E-state index in [0.29, 0.717) is 6.54 Å². The van der Waals surface area contributed by atoms with Gasteiger partial charge in [0, 0.05) is 12.5 Å². The van der Waals surface area contributed by atoms with E-state index in [1.54, 1.807) is 18.9 Å². The maximum absolute atomic E-state index is 13.1. The van der Waals surface area contributed by atoms with Gasteiger partial charge in [0.25, 0.3) is 0 Å². The number of carbonyl (C=O) groups is 2. The maximum atomic E-state index is 13.1. The molecule has 0 spiro atoms. The molecule has 1 atom stereocenters. The molecule has 1 N–H and O–H groups in total. The van der Waals surface area contributed by atoms with Gasteiger partial charge in [0.2, 0.25) is 11.8 Å². The number of hydrogen-bond donors (Lipinski definition) is 1. The summed E-state index contributed by atoms with van der Waals surface area (Å²) in [6.45, 7) is 4.11. The van der Waals surface area contributed by atoms with Crippen molar-refractivity contribution >= 4 is 11.8 Å². The van der Waals surface area contributed by atoms with Crippen molar-refractivity contribution in [3.63, 3.8) is 0 Å². The Morgan fingerprint density at radius 1 is 1.19 bits per heavy atom. The van der Waals surface area contributed by atoms with Gasteiger partial charge in [-0.05, 0) is 82.3 Å². The predicted octanol–water partition coefficient (Wildman–Crippen LogP) is 3.27. The molecule has 1 aromatic rings. The summed E-state index contributed by atoms with van der Waals surface area (Å²) in [5, 5.41) is 3.05. The molecule has 0 aliphatic heterocycles. The summed E-state index contributed by atoms with van der Waals surface area (Å²) in [4.78, 5) is 27.4. The third-order valence-corrected chi connectivity index (χ3v) is 6.80. The van der Waals surface area contributed by atoms with Gasteiger partial charge < -0.3 is 14.6 Å². The van der Waals surface area contributed by atoms with Gasteiger partial charge in [0.1, 0.15) is 17.6 Å². The molecule has 4 fully saturated rings. The Bertz CT molecular complexity index is 673. The zero-order valence-electron chi connectivity index (χ0n) is 16.1. The van der Waals surface area contributed by atoms with E-state index < -0.39 is 6.04 Å². The van der Waals surface area contributed by atoms with Gasteiger partial charge in [-0.2, -0.15) is 0 Å². The van der Waals surface area contributed by atoms with Crippen LogP contribution in [0.25, 0.3) is 0 Å². The van der Waals surface area contributed by atoms with Crippen LogP contribution in [0.1, 0.15) is 57.0 Å². The lowest BCUT2D eigenvalue weighted by molar-refractivity contribution is -0.149. The van der Waals surface area contributed by atoms with Crippen LogP contribution in [0.4, 0.5) is 0 Å². The van der Waals surface area contributed by atoms with Gasteiger partial charge in [0.15, 0.2) is 0 Å². The van der Waals surface area contributed by atoms with E-state index >= 15 is 0 Å². The topological polar surface area (TPSA) is 62.6 Å². The molecule has 4 aliphatic rings. The lowest BCUT2D eigenvalue weighted by Gasteiger charge is -2.55. The maximum Gasteiger partial charge on any atom is 0.245 e. The van der Waals surface area contributed by atoms with Gasteiger partial charge in [-0.3, -0.25) is 9.59 Å². The zero-order valence-corrected chi connectivity index (χ0v) is 16.1. The van der Waals surface area contributed by atoms with Crippen LogP contribution in [0, 0.1) is 30.1 Å². The second kappa shape index (κ2) is 6.43. The van der Waals surface area contributed by atoms with Crippen LogP contribution < -0.4 is 5.32 Å². The highest BCUT2D eigenvalue weighted by atomic mass is 16.3. The Kier molecular flexibility index (Phi) is 4.36. The first-order valence-electron chi connectivity index (χ1n) is 9.96. The molecule has 142 valence electrons. The SMILES string of the molecule is Cc1ccc(CN(C)C(=O)C(C)NC(=O)C23CC4CC(CC(C4)C2)C3)o1. The number of furan rings is 1. The van der Waals surface area contributed by atoms with Crippen molar-refractivity contribution < 1.29 is 14.0 Å². The van der Waals surface area contributed by atoms with Crippen molar-refractivity contribution in [1.82, 2.24) is 10.2 Å². The van der Waals surface area contributed by atoms with Crippen molar-refractivity contribution in [2.24, 2.45) is 23.2 Å². The molecule has 0 radical (unpaired) electrons. The van der Waals surface area contributed by atoms with Crippen LogP contribution >= 0.6 is 0 Å². The predicted molar refractivity (Wildman–Crippen MR) is 98.1 cm³/mol. The van der Waals surface area contributed by atoms with Gasteiger partial charge in [0.05, 0.1) is 6.54 Å². The lowest BCUT2D eigenvalue weighted by Crippen LogP contribution is -2.56. The highest BCUT2D eigenvalue weighted by molar-refractivity contribution is 5.90. The largest absolute Gasteiger partial charge is 0.464 e. The fourth-order valence-electron chi connectivity index (χ4n) is 6.01. The van der Waals surface area contributed by atoms with Gasteiger partial charge in [-0.15, -0.1) is 0 Å². The van der Waals surface area contributed by atoms with Gasteiger partial charge >= 0.3 is 0 Å². The number of amides is 2. The van der Waals surface area contributed by atoms with Crippen LogP contribution in [-0.2, 0) is 16.1 Å². The molecule has 26 heavy (non-hydrogen) atoms. The molecule has 0 saturated heterocycles. The van der Waals surface area contributed by atoms with Gasteiger partial charge in [-0.25, -0.2) is 0 Å². The Morgan fingerprint density at radius 2 is 1.77 bits per heavy atom. The fraction of sp³-hybridized carbons (Fsp3) is 0.714. The summed E-state index contributed by atoms with van der Waals surface area (Å²) < 4.78 is 5.55. The van der Waals surface area contributed by atoms with E-state index in [9.17, 15) is 9.59 Å². The molecule has 5 heteroatoms. The molecule has 0 aromatic carbocycles. The number of nitrogens with one attached hydrogen (secondary N) is 1. The number of carbonyl (C=O) groups excluding carboxylic acids is 2. The average Bonchev–Trinajstić information content (AvgIpc) is 2.97. The second-order valence-electron chi connectivity index (χ2n) is 9.10. The van der Waals surface area contributed by atoms with Crippen molar-refractivity contribution in [3.8, 4) is 0 Å². The first-order valence-corrected chi connectivity index (χ1v) is 9.96. The van der Waals surface area contributed by atoms with E-state index in [-0.39, 0.29) is 17.2 Å². The summed E-state index contributed by atoms with van der Waals surface area (Å²) in [5.74, 6) is 3.81. The summed E-state index contributed by atoms with van der Waals surface area (Å²) in [6, 6.07) is 3.28. The highest BCUT2D eigenvalue weighted by Crippen LogP contribution is 2.60. The molecule has 4 saturated carbocycles. The quantitative estimate of drug-likeness (QED) is 0.879. The standard InChI is InChI=1S/C21H30N2O3/c1-13-4-5-18(26-13)12-23(3)19(24)14(2)22-20(25)21-9-15-6-16(10-21)8-17(7-15)11-21/h4-5,14-17H,6-12H2,1-3H3,(H,22,25). The van der Waals surface area contributed by atoms with E-state index in [0.717, 1.165) is 48.5 Å². The number of likely N-dealkylation sites (N-methyl/N-ethyl adjacent to an activating group) is 1. The van der Waals surface area contributed by atoms with Crippen LogP contribution in [-0.4, -0.2) is 29.8 Å². The van der Waals surface area contributed by atoms with Crippen LogP contribution in [0.15, 0.2) is 16.5 Å². The first-order chi connectivity index (χ1) is 12.3. The fourth-order valence-corrected chi connectivity index (χ4v) is 6.01. The summed E-state index contributed by atoms with van der Waals surface area (Å²) in [5.41, 5.74) is -0.208. The Balaban J connectivity index is 1.37. The number of rotatable bonds is 5. The molecule has 1 unspecified atom stereocenters. The van der Waals surface area contributed by atoms with Crippen LogP contribution in [0.5, 0.6) is 0 Å². The second-order valence-corrected chi connectivity index (χ2v) is 9.10. The van der Waals surface area contributed by atoms with E-state index in [4.69, 9.17) is 4.42 Å². The summed E-state index contributed by atoms with van der Waals surface area (Å²) >= 11 is 0. The van der Waals surface area contributed by atoms with E-state index in [1.807, 2.05) is 19.1 Å². The van der Waals surface area contributed by atoms with Crippen LogP contribution in [0.3, 0.4) is 0 Å². The Morgan fingerprint density at radius 3 is 2.27 bits per heavy atom. The number of nitrogens with zero attached hydrogens (tertiary/aromatic N) is 1. The molecular weight excluding hydrogens is 328 g/mol. The minimum atomic E-state index is -0.503.